The van der Waals surface area contributed by atoms with Crippen molar-refractivity contribution in [1.29, 1.82) is 0 Å². The van der Waals surface area contributed by atoms with Gasteiger partial charge in [-0.2, -0.15) is 5.10 Å². The van der Waals surface area contributed by atoms with E-state index in [4.69, 9.17) is 4.74 Å². The van der Waals surface area contributed by atoms with Crippen LogP contribution < -0.4 is 10.2 Å². The molecule has 0 spiro atoms. The third-order valence-corrected chi connectivity index (χ3v) is 3.24. The second kappa shape index (κ2) is 8.14. The molecule has 0 unspecified atom stereocenters. The summed E-state index contributed by atoms with van der Waals surface area (Å²) in [6.45, 7) is 4.04. The number of carbonyl (C=O) groups is 1. The van der Waals surface area contributed by atoms with Gasteiger partial charge in [0.1, 0.15) is 12.4 Å². The number of rotatable bonds is 6. The zero-order valence-corrected chi connectivity index (χ0v) is 13.4. The van der Waals surface area contributed by atoms with Crippen molar-refractivity contribution >= 4 is 28.1 Å². The fraction of sp³-hybridized carbons (Fsp3) is 0.0588. The molecule has 0 aliphatic rings. The zero-order chi connectivity index (χ0) is 15.8. The number of amides is 1. The van der Waals surface area contributed by atoms with Gasteiger partial charge >= 0.3 is 0 Å². The number of nitrogens with zero attached hydrogens (tertiary/aromatic N) is 1. The van der Waals surface area contributed by atoms with Crippen molar-refractivity contribution in [3.8, 4) is 5.75 Å². The Kier molecular flexibility index (Phi) is 5.91. The summed E-state index contributed by atoms with van der Waals surface area (Å²) in [6.07, 6.45) is 3.25. The zero-order valence-electron chi connectivity index (χ0n) is 11.8. The van der Waals surface area contributed by atoms with Crippen molar-refractivity contribution in [3.05, 3.63) is 76.8 Å². The van der Waals surface area contributed by atoms with Crippen molar-refractivity contribution in [1.82, 2.24) is 5.43 Å². The Balaban J connectivity index is 1.95. The Morgan fingerprint density at radius 3 is 2.77 bits per heavy atom. The van der Waals surface area contributed by atoms with E-state index in [-0.39, 0.29) is 5.91 Å². The molecular formula is C17H15BrN2O2. The highest BCUT2D eigenvalue weighted by Crippen LogP contribution is 2.12. The third-order valence-electron chi connectivity index (χ3n) is 2.71. The van der Waals surface area contributed by atoms with Gasteiger partial charge in [0.2, 0.25) is 0 Å². The van der Waals surface area contributed by atoms with Gasteiger partial charge in [-0.15, -0.1) is 0 Å². The minimum absolute atomic E-state index is 0.261. The predicted molar refractivity (Wildman–Crippen MR) is 91.3 cm³/mol. The number of nitrogens with one attached hydrogen (secondary N) is 1. The molecule has 0 fully saturated rings. The van der Waals surface area contributed by atoms with Gasteiger partial charge in [0, 0.05) is 10.0 Å². The first-order valence-electron chi connectivity index (χ1n) is 6.62. The van der Waals surface area contributed by atoms with Crippen LogP contribution in [0.25, 0.3) is 0 Å². The molecule has 22 heavy (non-hydrogen) atoms. The van der Waals surface area contributed by atoms with Crippen LogP contribution in [-0.2, 0) is 0 Å². The summed E-state index contributed by atoms with van der Waals surface area (Å²) >= 11 is 3.32. The van der Waals surface area contributed by atoms with Crippen LogP contribution in [0.1, 0.15) is 15.9 Å². The first-order chi connectivity index (χ1) is 10.7. The molecule has 0 saturated carbocycles. The highest BCUT2D eigenvalue weighted by molar-refractivity contribution is 9.10. The molecule has 2 aromatic carbocycles. The van der Waals surface area contributed by atoms with Crippen LogP contribution in [0, 0.1) is 0 Å². The summed E-state index contributed by atoms with van der Waals surface area (Å²) in [5.41, 5.74) is 3.86. The van der Waals surface area contributed by atoms with Crippen LogP contribution in [0.3, 0.4) is 0 Å². The summed E-state index contributed by atoms with van der Waals surface area (Å²) in [7, 11) is 0. The second-order valence-electron chi connectivity index (χ2n) is 4.38. The Morgan fingerprint density at radius 1 is 1.27 bits per heavy atom. The lowest BCUT2D eigenvalue weighted by Gasteiger charge is -2.03. The van der Waals surface area contributed by atoms with E-state index in [1.807, 2.05) is 24.3 Å². The van der Waals surface area contributed by atoms with Gasteiger partial charge in [-0.05, 0) is 42.0 Å². The average molecular weight is 359 g/mol. The van der Waals surface area contributed by atoms with Crippen molar-refractivity contribution in [2.24, 2.45) is 5.10 Å². The Labute approximate surface area is 137 Å². The van der Waals surface area contributed by atoms with Gasteiger partial charge in [0.15, 0.2) is 0 Å². The van der Waals surface area contributed by atoms with Crippen LogP contribution in [0.15, 0.2) is 70.8 Å². The predicted octanol–water partition coefficient (Wildman–Crippen LogP) is 3.78. The molecule has 1 N–H and O–H groups in total. The molecule has 1 amide bonds. The van der Waals surface area contributed by atoms with E-state index in [0.717, 1.165) is 15.8 Å². The van der Waals surface area contributed by atoms with E-state index in [1.165, 1.54) is 0 Å². The Bertz CT molecular complexity index is 681. The molecule has 0 atom stereocenters. The molecule has 4 nitrogen and oxygen atoms in total. The summed E-state index contributed by atoms with van der Waals surface area (Å²) in [5.74, 6) is 0.464. The maximum absolute atomic E-state index is 11.9. The van der Waals surface area contributed by atoms with Crippen molar-refractivity contribution in [2.45, 2.75) is 0 Å². The minimum Gasteiger partial charge on any atom is -0.490 e. The van der Waals surface area contributed by atoms with Gasteiger partial charge < -0.3 is 4.74 Å². The van der Waals surface area contributed by atoms with Crippen molar-refractivity contribution in [2.75, 3.05) is 6.61 Å². The first kappa shape index (κ1) is 16.0. The van der Waals surface area contributed by atoms with Gasteiger partial charge in [-0.1, -0.05) is 40.7 Å². The average Bonchev–Trinajstić information content (AvgIpc) is 2.54. The fourth-order valence-corrected chi connectivity index (χ4v) is 1.94. The lowest BCUT2D eigenvalue weighted by atomic mass is 10.2. The summed E-state index contributed by atoms with van der Waals surface area (Å²) < 4.78 is 6.35. The maximum Gasteiger partial charge on any atom is 0.271 e. The molecule has 0 bridgehead atoms. The fourth-order valence-electron chi connectivity index (χ4n) is 1.67. The number of ether oxygens (including phenoxy) is 1. The van der Waals surface area contributed by atoms with Crippen molar-refractivity contribution in [3.63, 3.8) is 0 Å². The molecule has 0 aromatic heterocycles. The molecule has 2 aromatic rings. The summed E-state index contributed by atoms with van der Waals surface area (Å²) in [6, 6.07) is 14.5. The third kappa shape index (κ3) is 4.86. The topological polar surface area (TPSA) is 50.7 Å². The molecule has 0 aliphatic heterocycles. The minimum atomic E-state index is -0.261. The number of hydrazone groups is 1. The molecule has 2 rings (SSSR count). The highest BCUT2D eigenvalue weighted by Gasteiger charge is 2.02. The standard InChI is InChI=1S/C17H15BrN2O2/c1-2-10-22-16-5-3-4-13(11-16)12-19-20-17(21)14-6-8-15(18)9-7-14/h2-9,11-12H,1,10H2,(H,20,21)/b19-12-. The quantitative estimate of drug-likeness (QED) is 0.485. The molecule has 112 valence electrons. The van der Waals surface area contributed by atoms with Crippen molar-refractivity contribution < 1.29 is 9.53 Å². The maximum atomic E-state index is 11.9. The lowest BCUT2D eigenvalue weighted by molar-refractivity contribution is 0.0955. The van der Waals surface area contributed by atoms with Gasteiger partial charge in [0.05, 0.1) is 6.21 Å². The molecule has 0 heterocycles. The normalized spacial score (nSPS) is 10.4. The lowest BCUT2D eigenvalue weighted by Crippen LogP contribution is -2.17. The summed E-state index contributed by atoms with van der Waals surface area (Å²) in [5, 5.41) is 3.95. The molecule has 0 radical (unpaired) electrons. The first-order valence-corrected chi connectivity index (χ1v) is 7.41. The van der Waals surface area contributed by atoms with Crippen LogP contribution in [0.5, 0.6) is 5.75 Å². The van der Waals surface area contributed by atoms with E-state index < -0.39 is 0 Å². The number of hydrogen-bond acceptors (Lipinski definition) is 3. The summed E-state index contributed by atoms with van der Waals surface area (Å²) in [4.78, 5) is 11.9. The van der Waals surface area contributed by atoms with E-state index in [0.29, 0.717) is 12.2 Å². The van der Waals surface area contributed by atoms with Crippen LogP contribution in [-0.4, -0.2) is 18.7 Å². The second-order valence-corrected chi connectivity index (χ2v) is 5.29. The van der Waals surface area contributed by atoms with Gasteiger partial charge in [-0.25, -0.2) is 5.43 Å². The van der Waals surface area contributed by atoms with E-state index >= 15 is 0 Å². The monoisotopic (exact) mass is 358 g/mol. The number of hydrogen-bond donors (Lipinski definition) is 1. The van der Waals surface area contributed by atoms with Crippen LogP contribution in [0.2, 0.25) is 0 Å². The molecule has 0 saturated heterocycles. The number of halogens is 1. The smallest absolute Gasteiger partial charge is 0.271 e. The molecule has 0 aliphatic carbocycles. The Morgan fingerprint density at radius 2 is 2.05 bits per heavy atom. The Hall–Kier alpha value is -2.40. The van der Waals surface area contributed by atoms with Crippen LogP contribution >= 0.6 is 15.9 Å². The van der Waals surface area contributed by atoms with Gasteiger partial charge in [0.25, 0.3) is 5.91 Å². The number of carbonyl (C=O) groups excluding carboxylic acids is 1. The van der Waals surface area contributed by atoms with E-state index in [9.17, 15) is 4.79 Å². The van der Waals surface area contributed by atoms with E-state index in [2.05, 4.69) is 33.0 Å². The number of benzene rings is 2. The van der Waals surface area contributed by atoms with E-state index in [1.54, 1.807) is 36.6 Å². The largest absolute Gasteiger partial charge is 0.490 e. The van der Waals surface area contributed by atoms with Gasteiger partial charge in [-0.3, -0.25) is 4.79 Å². The molecule has 5 heteroatoms. The molecular weight excluding hydrogens is 344 g/mol. The van der Waals surface area contributed by atoms with Crippen LogP contribution in [0.4, 0.5) is 0 Å². The highest BCUT2D eigenvalue weighted by atomic mass is 79.9. The SMILES string of the molecule is C=CCOc1cccc(/C=N\NC(=O)c2ccc(Br)cc2)c1.